The van der Waals surface area contributed by atoms with Crippen molar-refractivity contribution in [2.45, 2.75) is 39.4 Å². The molecular formula is C15H19F3N2O2. The first-order valence-electron chi connectivity index (χ1n) is 6.75. The van der Waals surface area contributed by atoms with E-state index in [4.69, 9.17) is 0 Å². The van der Waals surface area contributed by atoms with E-state index in [0.29, 0.717) is 11.1 Å². The van der Waals surface area contributed by atoms with Gasteiger partial charge in [-0.2, -0.15) is 13.2 Å². The first-order valence-corrected chi connectivity index (χ1v) is 6.75. The third kappa shape index (κ3) is 5.05. The van der Waals surface area contributed by atoms with Gasteiger partial charge in [0.15, 0.2) is 0 Å². The number of hydrogen-bond donors (Lipinski definition) is 1. The molecule has 0 radical (unpaired) electrons. The zero-order valence-electron chi connectivity index (χ0n) is 12.9. The number of nitrogens with one attached hydrogen (secondary N) is 1. The average Bonchev–Trinajstić information content (AvgIpc) is 2.37. The van der Waals surface area contributed by atoms with Gasteiger partial charge in [-0.25, -0.2) is 0 Å². The Morgan fingerprint density at radius 1 is 1.27 bits per heavy atom. The number of carbonyl (C=O) groups is 2. The van der Waals surface area contributed by atoms with Crippen LogP contribution in [-0.4, -0.2) is 36.0 Å². The molecule has 122 valence electrons. The van der Waals surface area contributed by atoms with Crippen LogP contribution in [0.4, 0.5) is 18.9 Å². The maximum atomic E-state index is 12.3. The summed E-state index contributed by atoms with van der Waals surface area (Å²) in [7, 11) is 1.64. The highest BCUT2D eigenvalue weighted by molar-refractivity contribution is 5.98. The Morgan fingerprint density at radius 3 is 2.36 bits per heavy atom. The highest BCUT2D eigenvalue weighted by atomic mass is 19.4. The maximum Gasteiger partial charge on any atom is 0.397 e. The molecule has 0 aliphatic carbocycles. The maximum absolute atomic E-state index is 12.3. The number of alkyl halides is 3. The van der Waals surface area contributed by atoms with Gasteiger partial charge < -0.3 is 10.2 Å². The molecule has 0 heterocycles. The summed E-state index contributed by atoms with van der Waals surface area (Å²) in [5, 5.41) is 2.16. The summed E-state index contributed by atoms with van der Waals surface area (Å²) in [4.78, 5) is 25.1. The number of halogens is 3. The van der Waals surface area contributed by atoms with Gasteiger partial charge in [0.05, 0.1) is 0 Å². The molecule has 22 heavy (non-hydrogen) atoms. The van der Waals surface area contributed by atoms with Crippen molar-refractivity contribution >= 4 is 17.5 Å². The predicted octanol–water partition coefficient (Wildman–Crippen LogP) is 3.37. The molecule has 0 bridgehead atoms. The SMILES string of the molecule is Cc1ccc(NC(=O)CC(F)(F)F)cc1C(=O)N(C)C(C)C. The number of rotatable bonds is 4. The Balaban J connectivity index is 2.95. The second kappa shape index (κ2) is 6.81. The lowest BCUT2D eigenvalue weighted by atomic mass is 10.1. The van der Waals surface area contributed by atoms with Gasteiger partial charge in [-0.15, -0.1) is 0 Å². The van der Waals surface area contributed by atoms with Crippen LogP contribution in [0.1, 0.15) is 36.2 Å². The van der Waals surface area contributed by atoms with Crippen LogP contribution in [0.5, 0.6) is 0 Å². The monoisotopic (exact) mass is 316 g/mol. The molecule has 0 saturated heterocycles. The molecule has 2 amide bonds. The van der Waals surface area contributed by atoms with E-state index in [1.54, 1.807) is 20.0 Å². The fourth-order valence-corrected chi connectivity index (χ4v) is 1.74. The van der Waals surface area contributed by atoms with E-state index in [0.717, 1.165) is 0 Å². The molecule has 1 rings (SSSR count). The minimum atomic E-state index is -4.56. The minimum Gasteiger partial charge on any atom is -0.339 e. The lowest BCUT2D eigenvalue weighted by molar-refractivity contribution is -0.150. The van der Waals surface area contributed by atoms with Gasteiger partial charge in [0.2, 0.25) is 5.91 Å². The minimum absolute atomic E-state index is 0.0182. The third-order valence-corrected chi connectivity index (χ3v) is 3.21. The molecule has 0 aliphatic heterocycles. The van der Waals surface area contributed by atoms with E-state index in [1.807, 2.05) is 13.8 Å². The van der Waals surface area contributed by atoms with Crippen molar-refractivity contribution in [1.82, 2.24) is 4.90 Å². The normalized spacial score (nSPS) is 11.5. The van der Waals surface area contributed by atoms with Crippen LogP contribution in [0.25, 0.3) is 0 Å². The molecule has 0 spiro atoms. The first kappa shape index (κ1) is 18.0. The third-order valence-electron chi connectivity index (χ3n) is 3.21. The van der Waals surface area contributed by atoms with Crippen molar-refractivity contribution < 1.29 is 22.8 Å². The van der Waals surface area contributed by atoms with Crippen LogP contribution < -0.4 is 5.32 Å². The van der Waals surface area contributed by atoms with Gasteiger partial charge in [0, 0.05) is 24.3 Å². The fraction of sp³-hybridized carbons (Fsp3) is 0.467. The predicted molar refractivity (Wildman–Crippen MR) is 77.7 cm³/mol. The van der Waals surface area contributed by atoms with Crippen LogP contribution in [0.15, 0.2) is 18.2 Å². The van der Waals surface area contributed by atoms with Crippen molar-refractivity contribution in [1.29, 1.82) is 0 Å². The molecule has 0 fully saturated rings. The van der Waals surface area contributed by atoms with E-state index in [2.05, 4.69) is 5.32 Å². The smallest absolute Gasteiger partial charge is 0.339 e. The van der Waals surface area contributed by atoms with Gasteiger partial charge in [-0.1, -0.05) is 6.07 Å². The second-order valence-corrected chi connectivity index (χ2v) is 5.38. The summed E-state index contributed by atoms with van der Waals surface area (Å²) in [6.45, 7) is 5.42. The van der Waals surface area contributed by atoms with Crippen molar-refractivity contribution in [3.05, 3.63) is 29.3 Å². The molecule has 1 aromatic carbocycles. The molecule has 0 atom stereocenters. The van der Waals surface area contributed by atoms with Gasteiger partial charge in [0.25, 0.3) is 5.91 Å². The molecule has 0 aromatic heterocycles. The number of nitrogens with zero attached hydrogens (tertiary/aromatic N) is 1. The molecular weight excluding hydrogens is 297 g/mol. The summed E-state index contributed by atoms with van der Waals surface area (Å²) in [6.07, 6.45) is -6.12. The number of carbonyl (C=O) groups excluding carboxylic acids is 2. The number of anilines is 1. The van der Waals surface area contributed by atoms with Crippen LogP contribution in [0, 0.1) is 6.92 Å². The molecule has 0 unspecified atom stereocenters. The highest BCUT2D eigenvalue weighted by Crippen LogP contribution is 2.22. The summed E-state index contributed by atoms with van der Waals surface area (Å²) in [5.41, 5.74) is 1.20. The number of aryl methyl sites for hydroxylation is 1. The van der Waals surface area contributed by atoms with Gasteiger partial charge >= 0.3 is 6.18 Å². The summed E-state index contributed by atoms with van der Waals surface area (Å²) >= 11 is 0. The number of amides is 2. The average molecular weight is 316 g/mol. The van der Waals surface area contributed by atoms with Crippen molar-refractivity contribution in [3.8, 4) is 0 Å². The zero-order chi connectivity index (χ0) is 17.1. The molecule has 0 saturated carbocycles. The van der Waals surface area contributed by atoms with E-state index >= 15 is 0 Å². The molecule has 4 nitrogen and oxygen atoms in total. The Morgan fingerprint density at radius 2 is 1.86 bits per heavy atom. The Bertz CT molecular complexity index is 568. The lowest BCUT2D eigenvalue weighted by Gasteiger charge is -2.22. The van der Waals surface area contributed by atoms with Crippen LogP contribution >= 0.6 is 0 Å². The van der Waals surface area contributed by atoms with Crippen LogP contribution in [0.3, 0.4) is 0 Å². The van der Waals surface area contributed by atoms with E-state index < -0.39 is 18.5 Å². The lowest BCUT2D eigenvalue weighted by Crippen LogP contribution is -2.33. The second-order valence-electron chi connectivity index (χ2n) is 5.38. The molecule has 1 aromatic rings. The van der Waals surface area contributed by atoms with E-state index in [9.17, 15) is 22.8 Å². The van der Waals surface area contributed by atoms with Crippen molar-refractivity contribution in [2.75, 3.05) is 12.4 Å². The number of hydrogen-bond acceptors (Lipinski definition) is 2. The Kier molecular flexibility index (Phi) is 5.57. The first-order chi connectivity index (χ1) is 10.0. The molecule has 0 aliphatic rings. The quantitative estimate of drug-likeness (QED) is 0.926. The summed E-state index contributed by atoms with van der Waals surface area (Å²) in [6, 6.07) is 4.43. The fourth-order valence-electron chi connectivity index (χ4n) is 1.74. The van der Waals surface area contributed by atoms with E-state index in [-0.39, 0.29) is 17.6 Å². The van der Waals surface area contributed by atoms with Crippen molar-refractivity contribution in [2.24, 2.45) is 0 Å². The highest BCUT2D eigenvalue weighted by Gasteiger charge is 2.31. The van der Waals surface area contributed by atoms with Crippen molar-refractivity contribution in [3.63, 3.8) is 0 Å². The largest absolute Gasteiger partial charge is 0.397 e. The standard InChI is InChI=1S/C15H19F3N2O2/c1-9(2)20(4)14(22)12-7-11(6-5-10(12)3)19-13(21)8-15(16,17)18/h5-7,9H,8H2,1-4H3,(H,19,21). The Hall–Kier alpha value is -2.05. The van der Waals surface area contributed by atoms with Crippen LogP contribution in [-0.2, 0) is 4.79 Å². The number of benzene rings is 1. The zero-order valence-corrected chi connectivity index (χ0v) is 12.9. The van der Waals surface area contributed by atoms with E-state index in [1.165, 1.54) is 17.0 Å². The summed E-state index contributed by atoms with van der Waals surface area (Å²) in [5.74, 6) is -1.41. The topological polar surface area (TPSA) is 49.4 Å². The van der Waals surface area contributed by atoms with Gasteiger partial charge in [-0.05, 0) is 38.5 Å². The molecule has 7 heteroatoms. The van der Waals surface area contributed by atoms with Gasteiger partial charge in [-0.3, -0.25) is 9.59 Å². The van der Waals surface area contributed by atoms with Gasteiger partial charge in [0.1, 0.15) is 6.42 Å². The van der Waals surface area contributed by atoms with Crippen LogP contribution in [0.2, 0.25) is 0 Å². The Labute approximate surface area is 127 Å². The molecule has 1 N–H and O–H groups in total. The summed E-state index contributed by atoms with van der Waals surface area (Å²) < 4.78 is 36.5.